The number of thiocarbonyl (C=S) groups is 1. The second kappa shape index (κ2) is 3.49. The summed E-state index contributed by atoms with van der Waals surface area (Å²) in [4.78, 5) is 0. The first-order valence-electron chi connectivity index (χ1n) is 3.95. The average Bonchev–Trinajstić information content (AvgIpc) is 2.71. The quantitative estimate of drug-likeness (QED) is 0.672. The minimum atomic E-state index is 1.05. The second-order valence-corrected chi connectivity index (χ2v) is 2.90. The molecule has 0 amide bonds. The van der Waals surface area contributed by atoms with Crippen LogP contribution in [0.15, 0.2) is 42.7 Å². The summed E-state index contributed by atoms with van der Waals surface area (Å²) < 4.78 is 1.81. The molecule has 2 rings (SSSR count). The van der Waals surface area contributed by atoms with Crippen molar-refractivity contribution in [3.05, 3.63) is 48.3 Å². The van der Waals surface area contributed by atoms with Crippen molar-refractivity contribution in [2.75, 3.05) is 0 Å². The highest BCUT2D eigenvalue weighted by Crippen LogP contribution is 2.06. The molecule has 1 aromatic carbocycles. The average molecular weight is 188 g/mol. The summed E-state index contributed by atoms with van der Waals surface area (Å²) in [5, 5.41) is 5.78. The number of hydrogen-bond donors (Lipinski definition) is 0. The fourth-order valence-electron chi connectivity index (χ4n) is 1.13. The van der Waals surface area contributed by atoms with Crippen LogP contribution in [0.1, 0.15) is 5.56 Å². The second-order valence-electron chi connectivity index (χ2n) is 2.66. The van der Waals surface area contributed by atoms with E-state index in [4.69, 9.17) is 12.2 Å². The lowest BCUT2D eigenvalue weighted by atomic mass is 10.2. The van der Waals surface area contributed by atoms with E-state index >= 15 is 0 Å². The molecule has 3 heteroatoms. The van der Waals surface area contributed by atoms with Gasteiger partial charge >= 0.3 is 0 Å². The molecule has 0 unspecified atom stereocenters. The Bertz CT molecular complexity index is 389. The number of benzene rings is 1. The van der Waals surface area contributed by atoms with Gasteiger partial charge in [-0.1, -0.05) is 24.4 Å². The lowest BCUT2D eigenvalue weighted by Crippen LogP contribution is -1.93. The predicted octanol–water partition coefficient (Wildman–Crippen LogP) is 2.22. The van der Waals surface area contributed by atoms with E-state index in [2.05, 4.69) is 5.10 Å². The van der Waals surface area contributed by atoms with Crippen molar-refractivity contribution in [2.24, 2.45) is 0 Å². The van der Waals surface area contributed by atoms with Gasteiger partial charge in [0.05, 0.1) is 5.69 Å². The minimum absolute atomic E-state index is 1.05. The van der Waals surface area contributed by atoms with Crippen LogP contribution in [-0.2, 0) is 0 Å². The van der Waals surface area contributed by atoms with Crippen LogP contribution in [0.2, 0.25) is 0 Å². The zero-order valence-corrected chi connectivity index (χ0v) is 7.74. The summed E-state index contributed by atoms with van der Waals surface area (Å²) in [5.74, 6) is 0. The highest BCUT2D eigenvalue weighted by molar-refractivity contribution is 7.79. The summed E-state index contributed by atoms with van der Waals surface area (Å²) in [6, 6.07) is 9.83. The van der Waals surface area contributed by atoms with Gasteiger partial charge in [0.1, 0.15) is 0 Å². The molecule has 1 heterocycles. The number of rotatable bonds is 2. The molecule has 2 aromatic rings. The van der Waals surface area contributed by atoms with Crippen molar-refractivity contribution in [1.82, 2.24) is 9.78 Å². The van der Waals surface area contributed by atoms with Crippen molar-refractivity contribution in [1.29, 1.82) is 0 Å². The molecule has 0 aliphatic carbocycles. The molecule has 0 bridgehead atoms. The third-order valence-corrected chi connectivity index (χ3v) is 2.07. The molecule has 0 aliphatic rings. The van der Waals surface area contributed by atoms with Gasteiger partial charge in [-0.3, -0.25) is 0 Å². The van der Waals surface area contributed by atoms with Crippen molar-refractivity contribution >= 4 is 17.6 Å². The molecule has 0 N–H and O–H groups in total. The van der Waals surface area contributed by atoms with Crippen molar-refractivity contribution in [3.63, 3.8) is 0 Å². The van der Waals surface area contributed by atoms with Gasteiger partial charge in [0.15, 0.2) is 0 Å². The third kappa shape index (κ3) is 1.65. The van der Waals surface area contributed by atoms with E-state index in [-0.39, 0.29) is 0 Å². The van der Waals surface area contributed by atoms with Crippen LogP contribution in [0, 0.1) is 0 Å². The molecule has 1 aromatic heterocycles. The van der Waals surface area contributed by atoms with Crippen LogP contribution in [-0.4, -0.2) is 15.1 Å². The molecule has 64 valence electrons. The van der Waals surface area contributed by atoms with Gasteiger partial charge in [0, 0.05) is 17.8 Å². The molecule has 0 saturated carbocycles. The lowest BCUT2D eigenvalue weighted by Gasteiger charge is -2.00. The van der Waals surface area contributed by atoms with Gasteiger partial charge in [-0.25, -0.2) is 4.68 Å². The molecular weight excluding hydrogens is 180 g/mol. The van der Waals surface area contributed by atoms with Gasteiger partial charge in [-0.2, -0.15) is 5.10 Å². The van der Waals surface area contributed by atoms with Gasteiger partial charge < -0.3 is 0 Å². The monoisotopic (exact) mass is 188 g/mol. The van der Waals surface area contributed by atoms with Crippen molar-refractivity contribution < 1.29 is 0 Å². The maximum atomic E-state index is 4.81. The Hall–Kier alpha value is -1.48. The maximum Gasteiger partial charge on any atom is 0.0645 e. The van der Waals surface area contributed by atoms with Crippen LogP contribution in [0.4, 0.5) is 0 Å². The Morgan fingerprint density at radius 1 is 1.23 bits per heavy atom. The summed E-state index contributed by atoms with van der Waals surface area (Å²) in [6.45, 7) is 0. The summed E-state index contributed by atoms with van der Waals surface area (Å²) in [5.41, 5.74) is 2.09. The van der Waals surface area contributed by atoms with Crippen LogP contribution in [0.5, 0.6) is 0 Å². The largest absolute Gasteiger partial charge is 0.241 e. The first-order chi connectivity index (χ1) is 6.40. The molecule has 2 nitrogen and oxygen atoms in total. The number of aromatic nitrogens is 2. The Labute approximate surface area is 81.8 Å². The van der Waals surface area contributed by atoms with Gasteiger partial charge in [0.25, 0.3) is 0 Å². The van der Waals surface area contributed by atoms with Crippen LogP contribution < -0.4 is 0 Å². The fourth-order valence-corrected chi connectivity index (χ4v) is 1.28. The number of hydrogen-bond acceptors (Lipinski definition) is 2. The lowest BCUT2D eigenvalue weighted by molar-refractivity contribution is 0.880. The standard InChI is InChI=1S/C10H8N2S/c13-8-9-2-4-10(5-3-9)12-7-1-6-11-12/h1-8H. The molecular formula is C10H8N2S. The summed E-state index contributed by atoms with van der Waals surface area (Å²) in [6.07, 6.45) is 3.67. The van der Waals surface area contributed by atoms with E-state index in [9.17, 15) is 0 Å². The normalized spacial score (nSPS) is 9.85. The van der Waals surface area contributed by atoms with Crippen LogP contribution in [0.25, 0.3) is 5.69 Å². The first-order valence-corrected chi connectivity index (χ1v) is 4.42. The van der Waals surface area contributed by atoms with E-state index in [1.807, 2.05) is 41.2 Å². The Balaban J connectivity index is 2.38. The van der Waals surface area contributed by atoms with Crippen molar-refractivity contribution in [2.45, 2.75) is 0 Å². The SMILES string of the molecule is S=Cc1ccc(-n2cccn2)cc1. The highest BCUT2D eigenvalue weighted by atomic mass is 32.1. The van der Waals surface area contributed by atoms with Crippen LogP contribution in [0.3, 0.4) is 0 Å². The topological polar surface area (TPSA) is 17.8 Å². The molecule has 0 atom stereocenters. The molecule has 0 saturated heterocycles. The third-order valence-electron chi connectivity index (χ3n) is 1.80. The molecule has 0 fully saturated rings. The van der Waals surface area contributed by atoms with Crippen molar-refractivity contribution in [3.8, 4) is 5.69 Å². The van der Waals surface area contributed by atoms with Gasteiger partial charge in [-0.15, -0.1) is 0 Å². The van der Waals surface area contributed by atoms with E-state index in [0.717, 1.165) is 11.3 Å². The summed E-state index contributed by atoms with van der Waals surface area (Å²) >= 11 is 4.81. The van der Waals surface area contributed by atoms with Gasteiger partial charge in [0.2, 0.25) is 0 Å². The fraction of sp³-hybridized carbons (Fsp3) is 0. The van der Waals surface area contributed by atoms with E-state index in [1.165, 1.54) is 0 Å². The highest BCUT2D eigenvalue weighted by Gasteiger charge is 1.94. The smallest absolute Gasteiger partial charge is 0.0645 e. The number of nitrogens with zero attached hydrogens (tertiary/aromatic N) is 2. The maximum absolute atomic E-state index is 4.81. The minimum Gasteiger partial charge on any atom is -0.241 e. The molecule has 0 spiro atoms. The summed E-state index contributed by atoms with van der Waals surface area (Å²) in [7, 11) is 0. The molecule has 0 radical (unpaired) electrons. The molecule has 13 heavy (non-hydrogen) atoms. The van der Waals surface area contributed by atoms with Crippen LogP contribution >= 0.6 is 12.2 Å². The Morgan fingerprint density at radius 3 is 2.54 bits per heavy atom. The van der Waals surface area contributed by atoms with E-state index in [1.54, 1.807) is 11.6 Å². The predicted molar refractivity (Wildman–Crippen MR) is 56.3 cm³/mol. The zero-order chi connectivity index (χ0) is 9.10. The van der Waals surface area contributed by atoms with E-state index < -0.39 is 0 Å². The van der Waals surface area contributed by atoms with Gasteiger partial charge in [-0.05, 0) is 23.8 Å². The first kappa shape index (κ1) is 8.13. The Kier molecular flexibility index (Phi) is 2.19. The van der Waals surface area contributed by atoms with E-state index in [0.29, 0.717) is 0 Å². The Morgan fingerprint density at radius 2 is 2.00 bits per heavy atom. The molecule has 0 aliphatic heterocycles. The zero-order valence-electron chi connectivity index (χ0n) is 6.92.